The lowest BCUT2D eigenvalue weighted by Crippen LogP contribution is -2.29. The monoisotopic (exact) mass is 325 g/mol. The van der Waals surface area contributed by atoms with Gasteiger partial charge in [0.1, 0.15) is 13.2 Å². The highest BCUT2D eigenvalue weighted by atomic mass is 16.5. The van der Waals surface area contributed by atoms with Crippen molar-refractivity contribution in [3.8, 4) is 11.5 Å². The van der Waals surface area contributed by atoms with Gasteiger partial charge in [-0.2, -0.15) is 0 Å². The van der Waals surface area contributed by atoms with Crippen molar-refractivity contribution in [3.63, 3.8) is 0 Å². The number of hydrogen-bond donors (Lipinski definition) is 1. The van der Waals surface area contributed by atoms with Crippen LogP contribution in [0.5, 0.6) is 11.5 Å². The Morgan fingerprint density at radius 1 is 1.21 bits per heavy atom. The maximum atomic E-state index is 11.1. The average Bonchev–Trinajstić information content (AvgIpc) is 2.60. The summed E-state index contributed by atoms with van der Waals surface area (Å²) < 4.78 is 11.7. The Morgan fingerprint density at radius 3 is 2.75 bits per heavy atom. The summed E-state index contributed by atoms with van der Waals surface area (Å²) in [6.45, 7) is 2.21. The molecule has 124 valence electrons. The number of benzene rings is 2. The molecular formula is C19H19NO4. The molecule has 1 amide bonds. The van der Waals surface area contributed by atoms with Gasteiger partial charge >= 0.3 is 0 Å². The van der Waals surface area contributed by atoms with Gasteiger partial charge in [0.25, 0.3) is 0 Å². The first-order chi connectivity index (χ1) is 11.6. The third-order valence-corrected chi connectivity index (χ3v) is 3.72. The number of ether oxygens (including phenoxy) is 2. The number of carbonyl (C=O) groups excluding carboxylic acids is 1. The lowest BCUT2D eigenvalue weighted by Gasteiger charge is -2.22. The smallest absolute Gasteiger partial charge is 0.243 e. The van der Waals surface area contributed by atoms with Gasteiger partial charge in [-0.3, -0.25) is 10.0 Å². The van der Waals surface area contributed by atoms with Crippen molar-refractivity contribution in [3.05, 3.63) is 65.2 Å². The van der Waals surface area contributed by atoms with Gasteiger partial charge < -0.3 is 9.47 Å². The van der Waals surface area contributed by atoms with Crippen LogP contribution in [0.25, 0.3) is 6.08 Å². The topological polar surface area (TPSA) is 59.0 Å². The minimum atomic E-state index is -0.401. The molecule has 5 nitrogen and oxygen atoms in total. The Morgan fingerprint density at radius 2 is 2.00 bits per heavy atom. The van der Waals surface area contributed by atoms with E-state index >= 15 is 0 Å². The number of hydroxylamine groups is 2. The number of para-hydroxylation sites is 1. The zero-order valence-electron chi connectivity index (χ0n) is 13.4. The minimum absolute atomic E-state index is 0.129. The van der Waals surface area contributed by atoms with Crippen LogP contribution in [0, 0.1) is 0 Å². The average molecular weight is 325 g/mol. The number of carbonyl (C=O) groups is 1. The number of nitrogens with zero attached hydrogens (tertiary/aromatic N) is 1. The first-order valence-electron chi connectivity index (χ1n) is 7.72. The van der Waals surface area contributed by atoms with Crippen molar-refractivity contribution in [1.29, 1.82) is 0 Å². The molecule has 0 bridgehead atoms. The van der Waals surface area contributed by atoms with Gasteiger partial charge in [0.2, 0.25) is 5.91 Å². The second-order valence-electron chi connectivity index (χ2n) is 5.62. The van der Waals surface area contributed by atoms with Crippen LogP contribution in [0.2, 0.25) is 0 Å². The van der Waals surface area contributed by atoms with Gasteiger partial charge in [-0.1, -0.05) is 42.5 Å². The lowest BCUT2D eigenvalue weighted by atomic mass is 10.1. The molecule has 0 unspecified atom stereocenters. The van der Waals surface area contributed by atoms with Gasteiger partial charge in [0.05, 0.1) is 6.54 Å². The van der Waals surface area contributed by atoms with Crippen LogP contribution < -0.4 is 9.47 Å². The molecule has 0 fully saturated rings. The molecule has 0 saturated carbocycles. The first kappa shape index (κ1) is 16.1. The molecule has 1 aliphatic heterocycles. The molecule has 5 heteroatoms. The van der Waals surface area contributed by atoms with E-state index in [9.17, 15) is 10.0 Å². The summed E-state index contributed by atoms with van der Waals surface area (Å²) in [4.78, 5) is 11.1. The second-order valence-corrected chi connectivity index (χ2v) is 5.62. The molecule has 1 aliphatic rings. The first-order valence-corrected chi connectivity index (χ1v) is 7.72. The van der Waals surface area contributed by atoms with Crippen LogP contribution in [0.4, 0.5) is 0 Å². The van der Waals surface area contributed by atoms with Crippen molar-refractivity contribution in [2.45, 2.75) is 13.5 Å². The predicted molar refractivity (Wildman–Crippen MR) is 89.9 cm³/mol. The van der Waals surface area contributed by atoms with Crippen LogP contribution in [-0.2, 0) is 11.4 Å². The Bertz CT molecular complexity index is 755. The summed E-state index contributed by atoms with van der Waals surface area (Å²) in [5.74, 6) is 0.963. The van der Waals surface area contributed by atoms with Gasteiger partial charge in [0, 0.05) is 12.5 Å². The molecule has 2 aromatic carbocycles. The van der Waals surface area contributed by atoms with E-state index in [2.05, 4.69) is 0 Å². The lowest BCUT2D eigenvalue weighted by molar-refractivity contribution is -0.160. The van der Waals surface area contributed by atoms with Crippen molar-refractivity contribution in [1.82, 2.24) is 5.06 Å². The standard InChI is InChI=1S/C19H19NO4/c1-14(21)20(22)11-16-10-17-8-5-9-18(19(17)24-13-16)23-12-15-6-3-2-4-7-15/h2-10,22H,11-13H2,1H3. The summed E-state index contributed by atoms with van der Waals surface area (Å²) in [7, 11) is 0. The molecule has 0 aliphatic carbocycles. The minimum Gasteiger partial charge on any atom is -0.485 e. The zero-order valence-corrected chi connectivity index (χ0v) is 13.4. The molecule has 3 rings (SSSR count). The number of amides is 1. The fourth-order valence-electron chi connectivity index (χ4n) is 2.47. The van der Waals surface area contributed by atoms with Gasteiger partial charge in [-0.15, -0.1) is 0 Å². The fraction of sp³-hybridized carbons (Fsp3) is 0.211. The Kier molecular flexibility index (Phi) is 4.82. The molecule has 24 heavy (non-hydrogen) atoms. The van der Waals surface area contributed by atoms with Crippen molar-refractivity contribution < 1.29 is 19.5 Å². The molecule has 0 saturated heterocycles. The molecule has 0 atom stereocenters. The zero-order chi connectivity index (χ0) is 16.9. The van der Waals surface area contributed by atoms with Crippen LogP contribution in [0.15, 0.2) is 54.1 Å². The molecule has 0 spiro atoms. The predicted octanol–water partition coefficient (Wildman–Crippen LogP) is 3.28. The Labute approximate surface area is 140 Å². The summed E-state index contributed by atoms with van der Waals surface area (Å²) in [5, 5.41) is 10.2. The molecule has 0 radical (unpaired) electrons. The van der Waals surface area contributed by atoms with E-state index in [1.54, 1.807) is 0 Å². The Balaban J connectivity index is 1.74. The van der Waals surface area contributed by atoms with E-state index in [1.807, 2.05) is 54.6 Å². The van der Waals surface area contributed by atoms with E-state index in [4.69, 9.17) is 9.47 Å². The summed E-state index contributed by atoms with van der Waals surface area (Å²) in [6, 6.07) is 15.6. The SMILES string of the molecule is CC(=O)N(O)CC1=Cc2cccc(OCc3ccccc3)c2OC1. The van der Waals surface area contributed by atoms with Crippen molar-refractivity contribution >= 4 is 12.0 Å². The van der Waals surface area contributed by atoms with Gasteiger partial charge in [-0.25, -0.2) is 5.06 Å². The Hall–Kier alpha value is -2.79. The van der Waals surface area contributed by atoms with Crippen LogP contribution >= 0.6 is 0 Å². The highest BCUT2D eigenvalue weighted by Crippen LogP contribution is 2.36. The summed E-state index contributed by atoms with van der Waals surface area (Å²) in [6.07, 6.45) is 1.92. The third-order valence-electron chi connectivity index (χ3n) is 3.72. The maximum absolute atomic E-state index is 11.1. The van der Waals surface area contributed by atoms with Crippen molar-refractivity contribution in [2.24, 2.45) is 0 Å². The van der Waals surface area contributed by atoms with E-state index in [1.165, 1.54) is 6.92 Å². The molecule has 1 heterocycles. The van der Waals surface area contributed by atoms with Gasteiger partial charge in [-0.05, 0) is 23.3 Å². The maximum Gasteiger partial charge on any atom is 0.243 e. The molecular weight excluding hydrogens is 306 g/mol. The van der Waals surface area contributed by atoms with Crippen LogP contribution in [0.3, 0.4) is 0 Å². The normalized spacial score (nSPS) is 12.7. The quantitative estimate of drug-likeness (QED) is 0.677. The second kappa shape index (κ2) is 7.19. The van der Waals surface area contributed by atoms with Gasteiger partial charge in [0.15, 0.2) is 11.5 Å². The molecule has 2 aromatic rings. The van der Waals surface area contributed by atoms with E-state index in [-0.39, 0.29) is 6.54 Å². The highest BCUT2D eigenvalue weighted by molar-refractivity contribution is 5.73. The molecule has 0 aromatic heterocycles. The summed E-state index contributed by atoms with van der Waals surface area (Å²) in [5.41, 5.74) is 2.78. The van der Waals surface area contributed by atoms with E-state index in [0.29, 0.717) is 29.8 Å². The number of rotatable bonds is 5. The third kappa shape index (κ3) is 3.75. The highest BCUT2D eigenvalue weighted by Gasteiger charge is 2.18. The van der Waals surface area contributed by atoms with Crippen molar-refractivity contribution in [2.75, 3.05) is 13.2 Å². The van der Waals surface area contributed by atoms with E-state index < -0.39 is 5.91 Å². The van der Waals surface area contributed by atoms with Crippen LogP contribution in [0.1, 0.15) is 18.1 Å². The number of hydrogen-bond acceptors (Lipinski definition) is 4. The van der Waals surface area contributed by atoms with Crippen LogP contribution in [-0.4, -0.2) is 29.3 Å². The fourth-order valence-corrected chi connectivity index (χ4v) is 2.47. The molecule has 1 N–H and O–H groups in total. The largest absolute Gasteiger partial charge is 0.485 e. The number of fused-ring (bicyclic) bond motifs is 1. The summed E-state index contributed by atoms with van der Waals surface area (Å²) >= 11 is 0. The van der Waals surface area contributed by atoms with E-state index in [0.717, 1.165) is 16.7 Å².